The zero-order valence-electron chi connectivity index (χ0n) is 16.8. The molecule has 0 fully saturated rings. The molecule has 1 aliphatic rings. The topological polar surface area (TPSA) is 75.6 Å². The molecule has 6 heteroatoms. The van der Waals surface area contributed by atoms with Crippen LogP contribution < -0.4 is 5.32 Å². The molecule has 0 saturated heterocycles. The Morgan fingerprint density at radius 1 is 0.968 bits per heavy atom. The van der Waals surface area contributed by atoms with Crippen molar-refractivity contribution in [2.24, 2.45) is 0 Å². The SMILES string of the molecule is O=C(O)CCc1ccc(CNC(=O)OCC2c3ccccc3-c3ccccc32)cc1F. The van der Waals surface area contributed by atoms with Crippen molar-refractivity contribution in [3.8, 4) is 11.1 Å². The van der Waals surface area contributed by atoms with Crippen LogP contribution in [-0.4, -0.2) is 23.8 Å². The van der Waals surface area contributed by atoms with Gasteiger partial charge >= 0.3 is 12.1 Å². The molecule has 5 nitrogen and oxygen atoms in total. The molecule has 1 amide bonds. The molecule has 3 aromatic carbocycles. The van der Waals surface area contributed by atoms with Gasteiger partial charge in [0, 0.05) is 18.9 Å². The number of benzene rings is 3. The maximum absolute atomic E-state index is 14.1. The van der Waals surface area contributed by atoms with Crippen LogP contribution in [0.5, 0.6) is 0 Å². The summed E-state index contributed by atoms with van der Waals surface area (Å²) in [6.45, 7) is 0.329. The first-order valence-corrected chi connectivity index (χ1v) is 10.1. The molecule has 0 aromatic heterocycles. The van der Waals surface area contributed by atoms with Gasteiger partial charge in [0.2, 0.25) is 0 Å². The second-order valence-electron chi connectivity index (χ2n) is 7.50. The lowest BCUT2D eigenvalue weighted by Crippen LogP contribution is -2.25. The minimum atomic E-state index is -0.972. The van der Waals surface area contributed by atoms with Crippen molar-refractivity contribution >= 4 is 12.1 Å². The number of alkyl carbamates (subject to hydrolysis) is 1. The van der Waals surface area contributed by atoms with E-state index >= 15 is 0 Å². The van der Waals surface area contributed by atoms with Gasteiger partial charge in [-0.25, -0.2) is 9.18 Å². The summed E-state index contributed by atoms with van der Waals surface area (Å²) < 4.78 is 19.6. The van der Waals surface area contributed by atoms with Crippen molar-refractivity contribution in [1.29, 1.82) is 0 Å². The third-order valence-corrected chi connectivity index (χ3v) is 5.51. The fourth-order valence-corrected chi connectivity index (χ4v) is 3.97. The number of fused-ring (bicyclic) bond motifs is 3. The van der Waals surface area contributed by atoms with Crippen molar-refractivity contribution in [3.05, 3.63) is 94.8 Å². The number of carbonyl (C=O) groups is 2. The fourth-order valence-electron chi connectivity index (χ4n) is 3.97. The van der Waals surface area contributed by atoms with E-state index in [1.54, 1.807) is 12.1 Å². The molecule has 31 heavy (non-hydrogen) atoms. The maximum Gasteiger partial charge on any atom is 0.407 e. The first-order valence-electron chi connectivity index (χ1n) is 10.1. The van der Waals surface area contributed by atoms with E-state index in [0.717, 1.165) is 22.3 Å². The third kappa shape index (κ3) is 4.58. The molecule has 4 rings (SSSR count). The van der Waals surface area contributed by atoms with E-state index in [-0.39, 0.29) is 31.9 Å². The predicted molar refractivity (Wildman–Crippen MR) is 114 cm³/mol. The molecule has 0 unspecified atom stereocenters. The Kier molecular flexibility index (Phi) is 5.98. The lowest BCUT2D eigenvalue weighted by molar-refractivity contribution is -0.136. The molecule has 0 spiro atoms. The lowest BCUT2D eigenvalue weighted by atomic mass is 9.98. The number of ether oxygens (including phenoxy) is 1. The van der Waals surface area contributed by atoms with Crippen LogP contribution >= 0.6 is 0 Å². The summed E-state index contributed by atoms with van der Waals surface area (Å²) in [5, 5.41) is 11.4. The monoisotopic (exact) mass is 419 g/mol. The van der Waals surface area contributed by atoms with Gasteiger partial charge in [-0.1, -0.05) is 60.7 Å². The number of hydrogen-bond donors (Lipinski definition) is 2. The highest BCUT2D eigenvalue weighted by atomic mass is 19.1. The Bertz CT molecular complexity index is 1080. The summed E-state index contributed by atoms with van der Waals surface area (Å²) in [4.78, 5) is 22.9. The van der Waals surface area contributed by atoms with E-state index in [4.69, 9.17) is 9.84 Å². The Morgan fingerprint density at radius 2 is 1.61 bits per heavy atom. The summed E-state index contributed by atoms with van der Waals surface area (Å²) >= 11 is 0. The van der Waals surface area contributed by atoms with Crippen molar-refractivity contribution in [3.63, 3.8) is 0 Å². The lowest BCUT2D eigenvalue weighted by Gasteiger charge is -2.14. The highest BCUT2D eigenvalue weighted by Gasteiger charge is 2.28. The third-order valence-electron chi connectivity index (χ3n) is 5.51. The van der Waals surface area contributed by atoms with Crippen LogP contribution in [0.2, 0.25) is 0 Å². The second-order valence-corrected chi connectivity index (χ2v) is 7.50. The fraction of sp³-hybridized carbons (Fsp3) is 0.200. The number of carboxylic acid groups (broad SMARTS) is 1. The largest absolute Gasteiger partial charge is 0.481 e. The highest BCUT2D eigenvalue weighted by Crippen LogP contribution is 2.44. The summed E-state index contributed by atoms with van der Waals surface area (Å²) in [5.41, 5.74) is 5.50. The van der Waals surface area contributed by atoms with Crippen molar-refractivity contribution in [2.75, 3.05) is 6.61 Å². The number of nitrogens with one attached hydrogen (secondary N) is 1. The maximum atomic E-state index is 14.1. The first-order chi connectivity index (χ1) is 15.0. The summed E-state index contributed by atoms with van der Waals surface area (Å²) in [5.74, 6) is -1.47. The van der Waals surface area contributed by atoms with Gasteiger partial charge in [0.25, 0.3) is 0 Å². The molecule has 0 bridgehead atoms. The molecule has 0 heterocycles. The van der Waals surface area contributed by atoms with Gasteiger partial charge < -0.3 is 15.2 Å². The summed E-state index contributed by atoms with van der Waals surface area (Å²) in [6, 6.07) is 20.7. The molecule has 1 aliphatic carbocycles. The number of rotatable bonds is 7. The van der Waals surface area contributed by atoms with Crippen LogP contribution in [0.15, 0.2) is 66.7 Å². The Labute approximate surface area is 179 Å². The van der Waals surface area contributed by atoms with Crippen LogP contribution in [0.3, 0.4) is 0 Å². The number of aryl methyl sites for hydroxylation is 1. The molecule has 158 valence electrons. The molecule has 2 N–H and O–H groups in total. The van der Waals surface area contributed by atoms with Crippen LogP contribution in [0.25, 0.3) is 11.1 Å². The Morgan fingerprint density at radius 3 is 2.23 bits per heavy atom. The van der Waals surface area contributed by atoms with Gasteiger partial charge in [0.15, 0.2) is 0 Å². The number of hydrogen-bond acceptors (Lipinski definition) is 3. The van der Waals surface area contributed by atoms with Crippen LogP contribution in [-0.2, 0) is 22.5 Å². The quantitative estimate of drug-likeness (QED) is 0.572. The smallest absolute Gasteiger partial charge is 0.407 e. The molecule has 0 saturated carbocycles. The Balaban J connectivity index is 1.34. The highest BCUT2D eigenvalue weighted by molar-refractivity contribution is 5.79. The van der Waals surface area contributed by atoms with Gasteiger partial charge in [-0.2, -0.15) is 0 Å². The van der Waals surface area contributed by atoms with Gasteiger partial charge in [-0.3, -0.25) is 4.79 Å². The minimum absolute atomic E-state index is 0.0240. The predicted octanol–water partition coefficient (Wildman–Crippen LogP) is 4.88. The number of amides is 1. The van der Waals surface area contributed by atoms with Gasteiger partial charge in [-0.15, -0.1) is 0 Å². The second kappa shape index (κ2) is 9.00. The molecule has 0 radical (unpaired) electrons. The van der Waals surface area contributed by atoms with E-state index in [0.29, 0.717) is 11.1 Å². The number of carbonyl (C=O) groups excluding carboxylic acids is 1. The molecule has 0 aliphatic heterocycles. The zero-order valence-corrected chi connectivity index (χ0v) is 16.8. The van der Waals surface area contributed by atoms with Crippen LogP contribution in [0, 0.1) is 5.82 Å². The van der Waals surface area contributed by atoms with Crippen LogP contribution in [0.1, 0.15) is 34.6 Å². The van der Waals surface area contributed by atoms with E-state index in [9.17, 15) is 14.0 Å². The van der Waals surface area contributed by atoms with Gasteiger partial charge in [0.05, 0.1) is 0 Å². The average molecular weight is 419 g/mol. The van der Waals surface area contributed by atoms with Crippen molar-refractivity contribution in [2.45, 2.75) is 25.3 Å². The summed E-state index contributed by atoms with van der Waals surface area (Å²) in [6.07, 6.45) is -0.576. The number of aliphatic carboxylic acids is 1. The van der Waals surface area contributed by atoms with E-state index in [2.05, 4.69) is 29.6 Å². The standard InChI is InChI=1S/C25H22FNO4/c26-23-13-16(9-10-17(23)11-12-24(28)29)14-27-25(30)31-15-22-20-7-3-1-5-18(20)19-6-2-4-8-21(19)22/h1-10,13,22H,11-12,14-15H2,(H,27,30)(H,28,29). The van der Waals surface area contributed by atoms with E-state index in [1.807, 2.05) is 24.3 Å². The first kappa shape index (κ1) is 20.6. The van der Waals surface area contributed by atoms with Crippen molar-refractivity contribution in [1.82, 2.24) is 5.32 Å². The Hall–Kier alpha value is -3.67. The van der Waals surface area contributed by atoms with Crippen LogP contribution in [0.4, 0.5) is 9.18 Å². The molecule has 3 aromatic rings. The molecular weight excluding hydrogens is 397 g/mol. The van der Waals surface area contributed by atoms with Gasteiger partial charge in [-0.05, 0) is 45.9 Å². The molecular formula is C25H22FNO4. The van der Waals surface area contributed by atoms with E-state index in [1.165, 1.54) is 6.07 Å². The van der Waals surface area contributed by atoms with Crippen molar-refractivity contribution < 1.29 is 23.8 Å². The number of carboxylic acids is 1. The van der Waals surface area contributed by atoms with E-state index < -0.39 is 17.9 Å². The van der Waals surface area contributed by atoms with Gasteiger partial charge in [0.1, 0.15) is 12.4 Å². The summed E-state index contributed by atoms with van der Waals surface area (Å²) in [7, 11) is 0. The average Bonchev–Trinajstić information content (AvgIpc) is 3.09. The zero-order chi connectivity index (χ0) is 21.8. The minimum Gasteiger partial charge on any atom is -0.481 e. The molecule has 0 atom stereocenters. The normalized spacial score (nSPS) is 12.2. The number of halogens is 1.